The number of aryl methyl sites for hydroxylation is 1. The number of fused-ring (bicyclic) bond motifs is 1. The van der Waals surface area contributed by atoms with Crippen LogP contribution in [0.3, 0.4) is 0 Å². The van der Waals surface area contributed by atoms with Gasteiger partial charge in [-0.05, 0) is 35.3 Å². The minimum Gasteiger partial charge on any atom is -0.345 e. The molecule has 6 nitrogen and oxygen atoms in total. The van der Waals surface area contributed by atoms with Gasteiger partial charge in [-0.2, -0.15) is 0 Å². The summed E-state index contributed by atoms with van der Waals surface area (Å²) in [5.41, 5.74) is 0.930. The molecular formula is C19H23F2N5OS. The molecule has 150 valence electrons. The molecule has 28 heavy (non-hydrogen) atoms. The number of rotatable bonds is 5. The zero-order valence-corrected chi connectivity index (χ0v) is 16.7. The number of aromatic nitrogens is 2. The Hall–Kier alpha value is -2.39. The Morgan fingerprint density at radius 1 is 1.46 bits per heavy atom. The molecule has 1 aliphatic heterocycles. The van der Waals surface area contributed by atoms with Gasteiger partial charge >= 0.3 is 0 Å². The summed E-state index contributed by atoms with van der Waals surface area (Å²) in [6.45, 7) is 4.24. The van der Waals surface area contributed by atoms with Crippen molar-refractivity contribution in [1.29, 1.82) is 4.78 Å². The van der Waals surface area contributed by atoms with Crippen molar-refractivity contribution >= 4 is 28.5 Å². The van der Waals surface area contributed by atoms with Crippen LogP contribution in [0.15, 0.2) is 35.5 Å². The fourth-order valence-electron chi connectivity index (χ4n) is 3.16. The third-order valence-electron chi connectivity index (χ3n) is 4.37. The van der Waals surface area contributed by atoms with Crippen LogP contribution in [0.2, 0.25) is 0 Å². The molecule has 1 amide bonds. The molecule has 2 atom stereocenters. The summed E-state index contributed by atoms with van der Waals surface area (Å²) in [5, 5.41) is 2.66. The van der Waals surface area contributed by atoms with E-state index in [0.717, 1.165) is 17.4 Å². The first-order chi connectivity index (χ1) is 13.3. The summed E-state index contributed by atoms with van der Waals surface area (Å²) >= 11 is 0. The third-order valence-corrected chi connectivity index (χ3v) is 5.68. The number of alkyl halides is 2. The summed E-state index contributed by atoms with van der Waals surface area (Å²) in [5.74, 6) is 0.0559. The number of nitrogens with zero attached hydrogens (tertiary/aromatic N) is 2. The Bertz CT molecular complexity index is 938. The molecule has 2 aromatic heterocycles. The maximum Gasteiger partial charge on any atom is 0.280 e. The van der Waals surface area contributed by atoms with Gasteiger partial charge in [0, 0.05) is 36.7 Å². The zero-order valence-electron chi connectivity index (χ0n) is 15.9. The number of amides is 1. The number of hydrogen-bond acceptors (Lipinski definition) is 3. The molecule has 0 aromatic carbocycles. The lowest BCUT2D eigenvalue weighted by Crippen LogP contribution is -2.28. The molecule has 3 N–H and O–H groups in total. The van der Waals surface area contributed by atoms with Gasteiger partial charge in [-0.15, -0.1) is 0 Å². The van der Waals surface area contributed by atoms with Crippen LogP contribution >= 0.6 is 0 Å². The number of carbonyl (C=O) groups is 1. The fraction of sp³-hybridized carbons (Fsp3) is 0.368. The number of pyridine rings is 1. The van der Waals surface area contributed by atoms with Gasteiger partial charge in [0.25, 0.3) is 12.3 Å². The molecule has 0 bridgehead atoms. The molecule has 3 heterocycles. The second-order valence-electron chi connectivity index (χ2n) is 7.11. The molecule has 9 heteroatoms. The van der Waals surface area contributed by atoms with Crippen molar-refractivity contribution < 1.29 is 13.6 Å². The van der Waals surface area contributed by atoms with Crippen LogP contribution in [0.5, 0.6) is 0 Å². The monoisotopic (exact) mass is 407 g/mol. The van der Waals surface area contributed by atoms with E-state index in [9.17, 15) is 13.6 Å². The van der Waals surface area contributed by atoms with E-state index in [0.29, 0.717) is 17.2 Å². The lowest BCUT2D eigenvalue weighted by atomic mass is 10.0. The maximum absolute atomic E-state index is 12.9. The number of nitrogens with one attached hydrogen (secondary N) is 3. The second kappa shape index (κ2) is 8.32. The molecule has 3 rings (SSSR count). The molecule has 0 spiro atoms. The highest BCUT2D eigenvalue weighted by molar-refractivity contribution is 7.84. The van der Waals surface area contributed by atoms with Crippen molar-refractivity contribution in [1.82, 2.24) is 14.3 Å². The highest BCUT2D eigenvalue weighted by Gasteiger charge is 2.24. The van der Waals surface area contributed by atoms with E-state index < -0.39 is 28.9 Å². The van der Waals surface area contributed by atoms with Gasteiger partial charge in [0.15, 0.2) is 0 Å². The van der Waals surface area contributed by atoms with E-state index in [1.165, 1.54) is 12.3 Å². The van der Waals surface area contributed by atoms with Crippen LogP contribution in [0.1, 0.15) is 48.4 Å². The first-order valence-electron chi connectivity index (χ1n) is 8.91. The van der Waals surface area contributed by atoms with Crippen molar-refractivity contribution in [2.45, 2.75) is 37.6 Å². The van der Waals surface area contributed by atoms with Gasteiger partial charge in [0.1, 0.15) is 11.4 Å². The molecule has 2 unspecified atom stereocenters. The third kappa shape index (κ3) is 4.36. The maximum atomic E-state index is 12.9. The summed E-state index contributed by atoms with van der Waals surface area (Å²) in [4.78, 5) is 17.2. The van der Waals surface area contributed by atoms with Gasteiger partial charge in [0.05, 0.1) is 4.90 Å². The van der Waals surface area contributed by atoms with Gasteiger partial charge in [-0.25, -0.2) is 13.5 Å². The average molecular weight is 407 g/mol. The lowest BCUT2D eigenvalue weighted by molar-refractivity contribution is 0.101. The van der Waals surface area contributed by atoms with Crippen LogP contribution in [0.4, 0.5) is 14.5 Å². The van der Waals surface area contributed by atoms with Crippen LogP contribution < -0.4 is 10.0 Å². The minimum absolute atomic E-state index is 0.0586. The van der Waals surface area contributed by atoms with Gasteiger partial charge in [-0.3, -0.25) is 14.6 Å². The van der Waals surface area contributed by atoms with Crippen LogP contribution in [0, 0.1) is 10.7 Å². The first kappa shape index (κ1) is 20.3. The Labute approximate surface area is 165 Å². The van der Waals surface area contributed by atoms with Crippen molar-refractivity contribution in [2.24, 2.45) is 13.0 Å². The Kier molecular flexibility index (Phi) is 6.04. The van der Waals surface area contributed by atoms with Gasteiger partial charge < -0.3 is 9.88 Å². The van der Waals surface area contributed by atoms with E-state index in [4.69, 9.17) is 4.78 Å². The summed E-state index contributed by atoms with van der Waals surface area (Å²) in [6, 6.07) is 2.69. The largest absolute Gasteiger partial charge is 0.345 e. The standard InChI is InChI=1S/C19H23F2N5OS/c1-11(2)8-13-4-5-14-16(28(22)25-13)10-26(3)17(14)19(27)24-12-6-7-23-15(9-12)18(20)21/h4-7,9-11,13,18H,8H2,1-3H3,(H2,22,25)(H,23,24,27). The van der Waals surface area contributed by atoms with Crippen molar-refractivity contribution in [2.75, 3.05) is 5.32 Å². The second-order valence-corrected chi connectivity index (χ2v) is 8.40. The molecule has 2 aromatic rings. The number of hydrogen-bond donors (Lipinski definition) is 3. The van der Waals surface area contributed by atoms with E-state index in [1.807, 2.05) is 12.2 Å². The molecule has 0 fully saturated rings. The number of carbonyl (C=O) groups excluding carboxylic acids is 1. The Balaban J connectivity index is 1.91. The fourth-order valence-corrected chi connectivity index (χ4v) is 4.41. The van der Waals surface area contributed by atoms with E-state index in [-0.39, 0.29) is 11.7 Å². The number of anilines is 1. The predicted molar refractivity (Wildman–Crippen MR) is 106 cm³/mol. The predicted octanol–water partition coefficient (Wildman–Crippen LogP) is 4.30. The van der Waals surface area contributed by atoms with E-state index in [1.54, 1.807) is 17.8 Å². The summed E-state index contributed by atoms with van der Waals surface area (Å²) < 4.78 is 39.1. The molecule has 1 aliphatic rings. The summed E-state index contributed by atoms with van der Waals surface area (Å²) in [7, 11) is 0.770. The van der Waals surface area contributed by atoms with Crippen molar-refractivity contribution in [3.63, 3.8) is 0 Å². The zero-order chi connectivity index (χ0) is 20.4. The molecule has 0 saturated carbocycles. The SMILES string of the molecule is CC(C)CC1C=Cc2c(cn(C)c2C(=O)Nc2ccnc(C(F)F)c2)S(=N)N1. The molecular weight excluding hydrogens is 384 g/mol. The molecule has 0 aliphatic carbocycles. The Morgan fingerprint density at radius 3 is 2.89 bits per heavy atom. The van der Waals surface area contributed by atoms with Crippen molar-refractivity contribution in [3.8, 4) is 0 Å². The average Bonchev–Trinajstić information content (AvgIpc) is 2.88. The molecule has 0 radical (unpaired) electrons. The van der Waals surface area contributed by atoms with Crippen LogP contribution in [-0.2, 0) is 17.9 Å². The normalized spacial score (nSPS) is 19.0. The minimum atomic E-state index is -2.71. The Morgan fingerprint density at radius 2 is 2.21 bits per heavy atom. The van der Waals surface area contributed by atoms with Gasteiger partial charge in [-0.1, -0.05) is 26.0 Å². The van der Waals surface area contributed by atoms with E-state index in [2.05, 4.69) is 28.9 Å². The van der Waals surface area contributed by atoms with Crippen molar-refractivity contribution in [3.05, 3.63) is 47.6 Å². The van der Waals surface area contributed by atoms with Crippen LogP contribution in [-0.4, -0.2) is 21.5 Å². The highest BCUT2D eigenvalue weighted by atomic mass is 32.2. The first-order valence-corrected chi connectivity index (χ1v) is 10.1. The topological polar surface area (TPSA) is 82.8 Å². The van der Waals surface area contributed by atoms with Crippen LogP contribution in [0.25, 0.3) is 6.08 Å². The highest BCUT2D eigenvalue weighted by Crippen LogP contribution is 2.27. The summed E-state index contributed by atoms with van der Waals surface area (Å²) in [6.07, 6.45) is 5.06. The quantitative estimate of drug-likeness (QED) is 0.691. The smallest absolute Gasteiger partial charge is 0.280 e. The molecule has 0 saturated heterocycles. The van der Waals surface area contributed by atoms with Gasteiger partial charge in [0.2, 0.25) is 0 Å². The van der Waals surface area contributed by atoms with E-state index >= 15 is 0 Å². The number of halogens is 2. The lowest BCUT2D eigenvalue weighted by Gasteiger charge is -2.16.